The SMILES string of the molecule is CCCNC(C1CCC(C(F)(F)F)CC1)C(C)(C)C. The van der Waals surface area contributed by atoms with Crippen LogP contribution in [0.4, 0.5) is 13.2 Å². The van der Waals surface area contributed by atoms with Gasteiger partial charge in [0.05, 0.1) is 5.92 Å². The van der Waals surface area contributed by atoms with Crippen LogP contribution >= 0.6 is 0 Å². The minimum Gasteiger partial charge on any atom is -0.313 e. The zero-order chi connectivity index (χ0) is 14.7. The van der Waals surface area contributed by atoms with Gasteiger partial charge in [0.15, 0.2) is 0 Å². The van der Waals surface area contributed by atoms with Crippen LogP contribution in [0.5, 0.6) is 0 Å². The van der Waals surface area contributed by atoms with Crippen molar-refractivity contribution < 1.29 is 13.2 Å². The Morgan fingerprint density at radius 2 is 1.58 bits per heavy atom. The largest absolute Gasteiger partial charge is 0.391 e. The third-order valence-corrected chi connectivity index (χ3v) is 4.25. The smallest absolute Gasteiger partial charge is 0.313 e. The van der Waals surface area contributed by atoms with Crippen molar-refractivity contribution in [2.24, 2.45) is 17.3 Å². The molecular formula is C15H28F3N. The number of halogens is 3. The Morgan fingerprint density at radius 1 is 1.05 bits per heavy atom. The lowest BCUT2D eigenvalue weighted by molar-refractivity contribution is -0.184. The summed E-state index contributed by atoms with van der Waals surface area (Å²) in [6, 6.07) is 0.321. The summed E-state index contributed by atoms with van der Waals surface area (Å²) in [4.78, 5) is 0. The average Bonchev–Trinajstić information content (AvgIpc) is 2.27. The highest BCUT2D eigenvalue weighted by Crippen LogP contribution is 2.42. The fourth-order valence-electron chi connectivity index (χ4n) is 3.26. The van der Waals surface area contributed by atoms with E-state index < -0.39 is 12.1 Å². The second-order valence-corrected chi connectivity index (χ2v) is 6.95. The van der Waals surface area contributed by atoms with Gasteiger partial charge in [-0.2, -0.15) is 13.2 Å². The number of nitrogens with one attached hydrogen (secondary N) is 1. The Morgan fingerprint density at radius 3 is 1.95 bits per heavy atom. The summed E-state index contributed by atoms with van der Waals surface area (Å²) < 4.78 is 38.1. The Hall–Kier alpha value is -0.250. The lowest BCUT2D eigenvalue weighted by atomic mass is 9.70. The van der Waals surface area contributed by atoms with E-state index in [0.717, 1.165) is 13.0 Å². The van der Waals surface area contributed by atoms with Crippen LogP contribution in [0, 0.1) is 17.3 Å². The molecule has 0 amide bonds. The Labute approximate surface area is 115 Å². The van der Waals surface area contributed by atoms with Crippen LogP contribution in [0.3, 0.4) is 0 Å². The van der Waals surface area contributed by atoms with Crippen molar-refractivity contribution in [2.75, 3.05) is 6.54 Å². The minimum atomic E-state index is -4.00. The first-order chi connectivity index (χ1) is 8.66. The number of hydrogen-bond donors (Lipinski definition) is 1. The van der Waals surface area contributed by atoms with Gasteiger partial charge < -0.3 is 5.32 Å². The molecule has 0 aromatic rings. The van der Waals surface area contributed by atoms with E-state index >= 15 is 0 Å². The molecule has 19 heavy (non-hydrogen) atoms. The van der Waals surface area contributed by atoms with Crippen molar-refractivity contribution in [1.29, 1.82) is 0 Å². The van der Waals surface area contributed by atoms with Crippen molar-refractivity contribution >= 4 is 0 Å². The van der Waals surface area contributed by atoms with E-state index in [-0.39, 0.29) is 5.41 Å². The predicted octanol–water partition coefficient (Wildman–Crippen LogP) is 4.77. The molecule has 0 heterocycles. The van der Waals surface area contributed by atoms with Gasteiger partial charge in [0.1, 0.15) is 0 Å². The molecule has 114 valence electrons. The van der Waals surface area contributed by atoms with Crippen molar-refractivity contribution in [3.8, 4) is 0 Å². The highest BCUT2D eigenvalue weighted by atomic mass is 19.4. The van der Waals surface area contributed by atoms with E-state index in [4.69, 9.17) is 0 Å². The van der Waals surface area contributed by atoms with Gasteiger partial charge in [0.25, 0.3) is 0 Å². The first-order valence-electron chi connectivity index (χ1n) is 7.46. The van der Waals surface area contributed by atoms with E-state index in [1.54, 1.807) is 0 Å². The molecule has 0 saturated heterocycles. The summed E-state index contributed by atoms with van der Waals surface area (Å²) in [5, 5.41) is 3.55. The topological polar surface area (TPSA) is 12.0 Å². The number of alkyl halides is 3. The predicted molar refractivity (Wildman–Crippen MR) is 73.0 cm³/mol. The van der Waals surface area contributed by atoms with Crippen LogP contribution in [-0.4, -0.2) is 18.8 Å². The molecule has 0 aromatic carbocycles. The average molecular weight is 279 g/mol. The van der Waals surface area contributed by atoms with E-state index in [1.165, 1.54) is 0 Å². The third-order valence-electron chi connectivity index (χ3n) is 4.25. The lowest BCUT2D eigenvalue weighted by Gasteiger charge is -2.41. The highest BCUT2D eigenvalue weighted by Gasteiger charge is 2.43. The Bertz CT molecular complexity index is 260. The fourth-order valence-corrected chi connectivity index (χ4v) is 3.26. The molecule has 0 bridgehead atoms. The molecule has 1 nitrogen and oxygen atoms in total. The van der Waals surface area contributed by atoms with Crippen LogP contribution in [-0.2, 0) is 0 Å². The summed E-state index contributed by atoms with van der Waals surface area (Å²) >= 11 is 0. The zero-order valence-electron chi connectivity index (χ0n) is 12.6. The molecule has 1 saturated carbocycles. The molecule has 1 atom stereocenters. The first kappa shape index (κ1) is 16.8. The van der Waals surface area contributed by atoms with Gasteiger partial charge >= 0.3 is 6.18 Å². The normalized spacial score (nSPS) is 27.3. The van der Waals surface area contributed by atoms with E-state index in [9.17, 15) is 13.2 Å². The lowest BCUT2D eigenvalue weighted by Crippen LogP contribution is -2.47. The number of rotatable bonds is 4. The van der Waals surface area contributed by atoms with Crippen LogP contribution in [0.25, 0.3) is 0 Å². The summed E-state index contributed by atoms with van der Waals surface area (Å²) in [7, 11) is 0. The molecule has 1 rings (SSSR count). The Balaban J connectivity index is 2.59. The van der Waals surface area contributed by atoms with Crippen LogP contribution in [0.2, 0.25) is 0 Å². The van der Waals surface area contributed by atoms with Gasteiger partial charge in [-0.25, -0.2) is 0 Å². The highest BCUT2D eigenvalue weighted by molar-refractivity contribution is 4.90. The zero-order valence-corrected chi connectivity index (χ0v) is 12.6. The molecule has 1 aliphatic rings. The molecule has 0 spiro atoms. The maximum atomic E-state index is 12.7. The minimum absolute atomic E-state index is 0.102. The fraction of sp³-hybridized carbons (Fsp3) is 1.00. The third kappa shape index (κ3) is 4.97. The quantitative estimate of drug-likeness (QED) is 0.781. The van der Waals surface area contributed by atoms with Crippen molar-refractivity contribution in [3.63, 3.8) is 0 Å². The Kier molecular flexibility index (Phi) is 5.72. The van der Waals surface area contributed by atoms with Gasteiger partial charge in [0.2, 0.25) is 0 Å². The molecule has 0 radical (unpaired) electrons. The summed E-state index contributed by atoms with van der Waals surface area (Å²) in [6.45, 7) is 9.59. The van der Waals surface area contributed by atoms with Crippen molar-refractivity contribution in [1.82, 2.24) is 5.32 Å². The van der Waals surface area contributed by atoms with Crippen molar-refractivity contribution in [3.05, 3.63) is 0 Å². The van der Waals surface area contributed by atoms with E-state index in [1.807, 2.05) is 0 Å². The molecule has 0 aliphatic heterocycles. The monoisotopic (exact) mass is 279 g/mol. The standard InChI is InChI=1S/C15H28F3N/c1-5-10-19-13(14(2,3)4)11-6-8-12(9-7-11)15(16,17)18/h11-13,19H,5-10H2,1-4H3. The summed E-state index contributed by atoms with van der Waals surface area (Å²) in [5.41, 5.74) is 0.102. The molecule has 1 unspecified atom stereocenters. The van der Waals surface area contributed by atoms with E-state index in [2.05, 4.69) is 33.0 Å². The van der Waals surface area contributed by atoms with Gasteiger partial charge in [0, 0.05) is 6.04 Å². The van der Waals surface area contributed by atoms with Gasteiger partial charge in [-0.15, -0.1) is 0 Å². The first-order valence-corrected chi connectivity index (χ1v) is 7.46. The maximum absolute atomic E-state index is 12.7. The van der Waals surface area contributed by atoms with Crippen molar-refractivity contribution in [2.45, 2.75) is 72.0 Å². The second-order valence-electron chi connectivity index (χ2n) is 6.95. The number of hydrogen-bond acceptors (Lipinski definition) is 1. The van der Waals surface area contributed by atoms with Gasteiger partial charge in [-0.3, -0.25) is 0 Å². The molecule has 4 heteroatoms. The molecular weight excluding hydrogens is 251 g/mol. The van der Waals surface area contributed by atoms with E-state index in [0.29, 0.717) is 37.6 Å². The molecule has 1 N–H and O–H groups in total. The second kappa shape index (κ2) is 6.47. The molecule has 1 fully saturated rings. The molecule has 0 aromatic heterocycles. The van der Waals surface area contributed by atoms with Gasteiger partial charge in [-0.05, 0) is 50.0 Å². The maximum Gasteiger partial charge on any atom is 0.391 e. The van der Waals surface area contributed by atoms with Crippen LogP contribution in [0.15, 0.2) is 0 Å². The van der Waals surface area contributed by atoms with Crippen LogP contribution in [0.1, 0.15) is 59.8 Å². The summed E-state index contributed by atoms with van der Waals surface area (Å²) in [6.07, 6.45) is -0.946. The van der Waals surface area contributed by atoms with Crippen LogP contribution < -0.4 is 5.32 Å². The van der Waals surface area contributed by atoms with Gasteiger partial charge in [-0.1, -0.05) is 27.7 Å². The molecule has 1 aliphatic carbocycles. The summed E-state index contributed by atoms with van der Waals surface area (Å²) in [5.74, 6) is -0.694.